The second-order valence-corrected chi connectivity index (χ2v) is 4.07. The molecule has 0 aliphatic rings. The lowest BCUT2D eigenvalue weighted by atomic mass is 10.1. The van der Waals surface area contributed by atoms with Crippen LogP contribution in [0, 0.1) is 0 Å². The van der Waals surface area contributed by atoms with E-state index in [0.29, 0.717) is 22.8 Å². The fourth-order valence-corrected chi connectivity index (χ4v) is 1.81. The number of methoxy groups -OCH3 is 3. The van der Waals surface area contributed by atoms with Crippen LogP contribution in [0.4, 0.5) is 0 Å². The Morgan fingerprint density at radius 1 is 1.29 bits per heavy atom. The van der Waals surface area contributed by atoms with Crippen LogP contribution in [0.3, 0.4) is 0 Å². The first kappa shape index (κ1) is 16.8. The van der Waals surface area contributed by atoms with E-state index in [1.165, 1.54) is 21.3 Å². The molecule has 0 saturated heterocycles. The molecule has 1 aromatic rings. The number of carbonyl (C=O) groups excluding carboxylic acids is 1. The third-order valence-corrected chi connectivity index (χ3v) is 2.87. The summed E-state index contributed by atoms with van der Waals surface area (Å²) >= 11 is 0. The molecule has 0 fully saturated rings. The molecule has 1 rings (SSSR count). The van der Waals surface area contributed by atoms with Crippen LogP contribution < -0.4 is 14.2 Å². The van der Waals surface area contributed by atoms with E-state index < -0.39 is 12.1 Å². The summed E-state index contributed by atoms with van der Waals surface area (Å²) in [5, 5.41) is 9.05. The summed E-state index contributed by atoms with van der Waals surface area (Å²) in [6.45, 7) is 3.49. The largest absolute Gasteiger partial charge is 0.493 e. The number of carbonyl (C=O) groups is 1. The standard InChI is InChI=1S/C15H20O6/c1-5-10-6-7-11(18-2)14(19-3)13(10)21-12(8-9-16)15(17)20-4/h5-7,12,16H,1,8-9H2,2-4H3. The fourth-order valence-electron chi connectivity index (χ4n) is 1.81. The van der Waals surface area contributed by atoms with Gasteiger partial charge in [-0.15, -0.1) is 0 Å². The van der Waals surface area contributed by atoms with Gasteiger partial charge in [-0.1, -0.05) is 12.7 Å². The Kier molecular flexibility index (Phi) is 6.55. The van der Waals surface area contributed by atoms with Crippen LogP contribution in [0.15, 0.2) is 18.7 Å². The average Bonchev–Trinajstić information content (AvgIpc) is 2.52. The lowest BCUT2D eigenvalue weighted by Gasteiger charge is -2.20. The molecule has 6 heteroatoms. The van der Waals surface area contributed by atoms with Gasteiger partial charge in [-0.2, -0.15) is 0 Å². The number of hydrogen-bond donors (Lipinski definition) is 1. The number of esters is 1. The maximum atomic E-state index is 11.7. The molecule has 0 aromatic heterocycles. The molecule has 21 heavy (non-hydrogen) atoms. The minimum Gasteiger partial charge on any atom is -0.493 e. The molecule has 1 N–H and O–H groups in total. The average molecular weight is 296 g/mol. The second kappa shape index (κ2) is 8.16. The van der Waals surface area contributed by atoms with Crippen molar-refractivity contribution in [3.05, 3.63) is 24.3 Å². The zero-order valence-corrected chi connectivity index (χ0v) is 12.4. The van der Waals surface area contributed by atoms with Crippen molar-refractivity contribution in [3.63, 3.8) is 0 Å². The van der Waals surface area contributed by atoms with Crippen molar-refractivity contribution in [2.24, 2.45) is 0 Å². The molecule has 0 spiro atoms. The Hall–Kier alpha value is -2.21. The van der Waals surface area contributed by atoms with Gasteiger partial charge in [0.05, 0.1) is 21.3 Å². The van der Waals surface area contributed by atoms with Gasteiger partial charge < -0.3 is 24.1 Å². The molecular weight excluding hydrogens is 276 g/mol. The third kappa shape index (κ3) is 3.88. The molecule has 6 nitrogen and oxygen atoms in total. The van der Waals surface area contributed by atoms with Crippen LogP contribution in [0.1, 0.15) is 12.0 Å². The monoisotopic (exact) mass is 296 g/mol. The first-order chi connectivity index (χ1) is 10.1. The highest BCUT2D eigenvalue weighted by atomic mass is 16.6. The number of ether oxygens (including phenoxy) is 4. The fraction of sp³-hybridized carbons (Fsp3) is 0.400. The summed E-state index contributed by atoms with van der Waals surface area (Å²) in [6, 6.07) is 3.44. The van der Waals surface area contributed by atoms with Crippen molar-refractivity contribution >= 4 is 12.0 Å². The highest BCUT2D eigenvalue weighted by molar-refractivity contribution is 5.76. The van der Waals surface area contributed by atoms with Crippen LogP contribution in [0.5, 0.6) is 17.2 Å². The van der Waals surface area contributed by atoms with Crippen LogP contribution in [-0.2, 0) is 9.53 Å². The van der Waals surface area contributed by atoms with Gasteiger partial charge in [-0.05, 0) is 12.1 Å². The van der Waals surface area contributed by atoms with Crippen molar-refractivity contribution in [3.8, 4) is 17.2 Å². The number of aliphatic hydroxyl groups is 1. The highest BCUT2D eigenvalue weighted by Crippen LogP contribution is 2.41. The van der Waals surface area contributed by atoms with Gasteiger partial charge in [0.25, 0.3) is 0 Å². The molecule has 0 radical (unpaired) electrons. The molecular formula is C15H20O6. The molecule has 0 aliphatic carbocycles. The number of hydrogen-bond acceptors (Lipinski definition) is 6. The molecule has 0 bridgehead atoms. The van der Waals surface area contributed by atoms with Crippen molar-refractivity contribution in [2.75, 3.05) is 27.9 Å². The van der Waals surface area contributed by atoms with E-state index in [4.69, 9.17) is 19.3 Å². The van der Waals surface area contributed by atoms with Crippen molar-refractivity contribution < 1.29 is 28.8 Å². The maximum Gasteiger partial charge on any atom is 0.347 e. The minimum atomic E-state index is -0.945. The van der Waals surface area contributed by atoms with E-state index in [9.17, 15) is 4.79 Å². The van der Waals surface area contributed by atoms with Gasteiger partial charge in [0.2, 0.25) is 5.75 Å². The van der Waals surface area contributed by atoms with Crippen LogP contribution in [-0.4, -0.2) is 45.1 Å². The lowest BCUT2D eigenvalue weighted by Crippen LogP contribution is -2.30. The predicted molar refractivity (Wildman–Crippen MR) is 77.8 cm³/mol. The molecule has 0 heterocycles. The minimum absolute atomic E-state index is 0.101. The maximum absolute atomic E-state index is 11.7. The smallest absolute Gasteiger partial charge is 0.347 e. The Bertz CT molecular complexity index is 497. The topological polar surface area (TPSA) is 74.2 Å². The summed E-state index contributed by atoms with van der Waals surface area (Å²) < 4.78 is 20.8. The van der Waals surface area contributed by atoms with E-state index in [1.54, 1.807) is 18.2 Å². The van der Waals surface area contributed by atoms with E-state index in [0.717, 1.165) is 0 Å². The van der Waals surface area contributed by atoms with E-state index in [2.05, 4.69) is 11.3 Å². The van der Waals surface area contributed by atoms with E-state index in [1.807, 2.05) is 0 Å². The molecule has 0 amide bonds. The quantitative estimate of drug-likeness (QED) is 0.735. The van der Waals surface area contributed by atoms with Gasteiger partial charge in [0, 0.05) is 18.6 Å². The zero-order chi connectivity index (χ0) is 15.8. The predicted octanol–water partition coefficient (Wildman–Crippen LogP) is 1.65. The third-order valence-electron chi connectivity index (χ3n) is 2.87. The first-order valence-corrected chi connectivity index (χ1v) is 6.35. The molecule has 0 saturated carbocycles. The Morgan fingerprint density at radius 3 is 2.48 bits per heavy atom. The summed E-state index contributed by atoms with van der Waals surface area (Å²) in [5.74, 6) is 0.548. The van der Waals surface area contributed by atoms with Gasteiger partial charge in [0.15, 0.2) is 17.6 Å². The van der Waals surface area contributed by atoms with Crippen molar-refractivity contribution in [2.45, 2.75) is 12.5 Å². The molecule has 1 aromatic carbocycles. The Balaban J connectivity index is 3.25. The lowest BCUT2D eigenvalue weighted by molar-refractivity contribution is -0.149. The summed E-state index contributed by atoms with van der Waals surface area (Å²) in [7, 11) is 4.23. The number of aliphatic hydroxyl groups excluding tert-OH is 1. The summed E-state index contributed by atoms with van der Waals surface area (Å²) in [6.07, 6.45) is 0.730. The normalized spacial score (nSPS) is 11.4. The van der Waals surface area contributed by atoms with Gasteiger partial charge in [-0.3, -0.25) is 0 Å². The second-order valence-electron chi connectivity index (χ2n) is 4.07. The Labute approximate surface area is 123 Å². The number of benzene rings is 1. The molecule has 1 unspecified atom stereocenters. The zero-order valence-electron chi connectivity index (χ0n) is 12.4. The van der Waals surface area contributed by atoms with E-state index >= 15 is 0 Å². The molecule has 1 atom stereocenters. The van der Waals surface area contributed by atoms with Crippen molar-refractivity contribution in [1.29, 1.82) is 0 Å². The van der Waals surface area contributed by atoms with E-state index in [-0.39, 0.29) is 13.0 Å². The summed E-state index contributed by atoms with van der Waals surface area (Å²) in [4.78, 5) is 11.7. The van der Waals surface area contributed by atoms with Gasteiger partial charge in [0.1, 0.15) is 0 Å². The molecule has 0 aliphatic heterocycles. The van der Waals surface area contributed by atoms with Gasteiger partial charge >= 0.3 is 5.97 Å². The highest BCUT2D eigenvalue weighted by Gasteiger charge is 2.25. The van der Waals surface area contributed by atoms with Crippen LogP contribution >= 0.6 is 0 Å². The van der Waals surface area contributed by atoms with Crippen LogP contribution in [0.25, 0.3) is 6.08 Å². The molecule has 116 valence electrons. The van der Waals surface area contributed by atoms with Gasteiger partial charge in [-0.25, -0.2) is 4.79 Å². The first-order valence-electron chi connectivity index (χ1n) is 6.35. The van der Waals surface area contributed by atoms with Crippen LogP contribution in [0.2, 0.25) is 0 Å². The number of rotatable bonds is 8. The Morgan fingerprint density at radius 2 is 2.00 bits per heavy atom. The summed E-state index contributed by atoms with van der Waals surface area (Å²) in [5.41, 5.74) is 0.638. The SMILES string of the molecule is C=Cc1ccc(OC)c(OC)c1OC(CCO)C(=O)OC. The van der Waals surface area contributed by atoms with Crippen molar-refractivity contribution in [1.82, 2.24) is 0 Å².